The van der Waals surface area contributed by atoms with E-state index in [4.69, 9.17) is 0 Å². The highest BCUT2D eigenvalue weighted by Gasteiger charge is 2.19. The van der Waals surface area contributed by atoms with Crippen molar-refractivity contribution < 1.29 is 4.39 Å². The fourth-order valence-electron chi connectivity index (χ4n) is 2.29. The number of benzene rings is 1. The summed E-state index contributed by atoms with van der Waals surface area (Å²) in [6.45, 7) is 4.24. The second-order valence-corrected chi connectivity index (χ2v) is 4.29. The third-order valence-electron chi connectivity index (χ3n) is 3.39. The van der Waals surface area contributed by atoms with Crippen LogP contribution in [0.3, 0.4) is 0 Å². The third-order valence-corrected chi connectivity index (χ3v) is 3.39. The monoisotopic (exact) mass is 207 g/mol. The molecule has 0 atom stereocenters. The van der Waals surface area contributed by atoms with Crippen LogP contribution in [0.4, 0.5) is 10.1 Å². The lowest BCUT2D eigenvalue weighted by Gasteiger charge is -2.33. The van der Waals surface area contributed by atoms with Gasteiger partial charge in [0, 0.05) is 13.1 Å². The highest BCUT2D eigenvalue weighted by Crippen LogP contribution is 2.26. The zero-order valence-corrected chi connectivity index (χ0v) is 9.25. The first kappa shape index (κ1) is 10.5. The first-order chi connectivity index (χ1) is 7.31. The van der Waals surface area contributed by atoms with Crippen molar-refractivity contribution in [3.63, 3.8) is 0 Å². The maximum atomic E-state index is 13.5. The number of para-hydroxylation sites is 1. The number of rotatable bonds is 2. The van der Waals surface area contributed by atoms with Crippen LogP contribution in [0.15, 0.2) is 24.3 Å². The predicted molar refractivity (Wildman–Crippen MR) is 61.6 cm³/mol. The molecule has 0 bridgehead atoms. The molecule has 1 aliphatic rings. The summed E-state index contributed by atoms with van der Waals surface area (Å²) in [5.74, 6) is 0.750. The zero-order valence-electron chi connectivity index (χ0n) is 9.25. The van der Waals surface area contributed by atoms with E-state index in [1.54, 1.807) is 12.1 Å². The molecule has 0 saturated carbocycles. The Morgan fingerprint density at radius 3 is 2.53 bits per heavy atom. The summed E-state index contributed by atoms with van der Waals surface area (Å²) < 4.78 is 13.5. The van der Waals surface area contributed by atoms with Gasteiger partial charge in [-0.05, 0) is 30.9 Å². The summed E-state index contributed by atoms with van der Waals surface area (Å²) in [5, 5.41) is 0. The minimum atomic E-state index is -0.0903. The predicted octanol–water partition coefficient (Wildman–Crippen LogP) is 3.45. The first-order valence-corrected chi connectivity index (χ1v) is 5.80. The Bertz CT molecular complexity index is 316. The van der Waals surface area contributed by atoms with Crippen LogP contribution < -0.4 is 4.90 Å². The maximum absolute atomic E-state index is 13.5. The molecule has 2 rings (SSSR count). The van der Waals surface area contributed by atoms with Gasteiger partial charge >= 0.3 is 0 Å². The molecule has 1 heterocycles. The Balaban J connectivity index is 2.04. The molecule has 82 valence electrons. The Morgan fingerprint density at radius 1 is 1.27 bits per heavy atom. The fourth-order valence-corrected chi connectivity index (χ4v) is 2.29. The van der Waals surface area contributed by atoms with Gasteiger partial charge in [0.1, 0.15) is 5.82 Å². The van der Waals surface area contributed by atoms with Crippen molar-refractivity contribution in [2.45, 2.75) is 26.2 Å². The third kappa shape index (κ3) is 2.31. The topological polar surface area (TPSA) is 3.24 Å². The summed E-state index contributed by atoms with van der Waals surface area (Å²) in [6, 6.07) is 7.07. The Hall–Kier alpha value is -1.05. The molecular weight excluding hydrogens is 189 g/mol. The molecule has 1 aromatic rings. The standard InChI is InChI=1S/C13H18FN/c1-2-11-7-9-15(10-8-11)13-6-4-3-5-12(13)14/h3-6,11H,2,7-10H2,1H3. The second-order valence-electron chi connectivity index (χ2n) is 4.29. The molecule has 0 radical (unpaired) electrons. The van der Waals surface area contributed by atoms with Crippen LogP contribution in [-0.4, -0.2) is 13.1 Å². The average molecular weight is 207 g/mol. The van der Waals surface area contributed by atoms with Gasteiger partial charge in [-0.25, -0.2) is 4.39 Å². The number of anilines is 1. The van der Waals surface area contributed by atoms with Gasteiger partial charge in [0.2, 0.25) is 0 Å². The van der Waals surface area contributed by atoms with Crippen molar-refractivity contribution in [1.29, 1.82) is 0 Å². The van der Waals surface area contributed by atoms with Crippen molar-refractivity contribution in [3.8, 4) is 0 Å². The number of hydrogen-bond acceptors (Lipinski definition) is 1. The van der Waals surface area contributed by atoms with E-state index in [0.29, 0.717) is 0 Å². The van der Waals surface area contributed by atoms with E-state index in [-0.39, 0.29) is 5.82 Å². The van der Waals surface area contributed by atoms with Gasteiger partial charge in [-0.1, -0.05) is 25.5 Å². The van der Waals surface area contributed by atoms with Crippen LogP contribution in [0, 0.1) is 11.7 Å². The first-order valence-electron chi connectivity index (χ1n) is 5.80. The summed E-state index contributed by atoms with van der Waals surface area (Å²) in [6.07, 6.45) is 3.65. The molecule has 0 aromatic heterocycles. The number of nitrogens with zero attached hydrogens (tertiary/aromatic N) is 1. The average Bonchev–Trinajstić information content (AvgIpc) is 2.30. The van der Waals surface area contributed by atoms with E-state index in [9.17, 15) is 4.39 Å². The van der Waals surface area contributed by atoms with Crippen LogP contribution in [0.1, 0.15) is 26.2 Å². The zero-order chi connectivity index (χ0) is 10.7. The molecule has 1 saturated heterocycles. The van der Waals surface area contributed by atoms with E-state index < -0.39 is 0 Å². The highest BCUT2D eigenvalue weighted by molar-refractivity contribution is 5.47. The van der Waals surface area contributed by atoms with Crippen molar-refractivity contribution in [1.82, 2.24) is 0 Å². The molecule has 0 amide bonds. The van der Waals surface area contributed by atoms with Crippen molar-refractivity contribution >= 4 is 5.69 Å². The van der Waals surface area contributed by atoms with Crippen LogP contribution in [0.25, 0.3) is 0 Å². The number of hydrogen-bond donors (Lipinski definition) is 0. The molecule has 1 fully saturated rings. The number of piperidine rings is 1. The lowest BCUT2D eigenvalue weighted by Crippen LogP contribution is -2.33. The Labute approximate surface area is 90.9 Å². The van der Waals surface area contributed by atoms with Crippen molar-refractivity contribution in [2.24, 2.45) is 5.92 Å². The van der Waals surface area contributed by atoms with Crippen LogP contribution in [0.2, 0.25) is 0 Å². The fraction of sp³-hybridized carbons (Fsp3) is 0.538. The summed E-state index contributed by atoms with van der Waals surface area (Å²) in [4.78, 5) is 2.17. The lowest BCUT2D eigenvalue weighted by atomic mass is 9.94. The molecule has 0 aliphatic carbocycles. The molecule has 2 heteroatoms. The summed E-state index contributed by atoms with van der Waals surface area (Å²) >= 11 is 0. The Kier molecular flexibility index (Phi) is 3.24. The normalized spacial score (nSPS) is 18.1. The largest absolute Gasteiger partial charge is 0.369 e. The molecule has 0 unspecified atom stereocenters. The van der Waals surface area contributed by atoms with E-state index in [2.05, 4.69) is 11.8 Å². The molecule has 0 N–H and O–H groups in total. The molecule has 1 aliphatic heterocycles. The lowest BCUT2D eigenvalue weighted by molar-refractivity contribution is 0.393. The van der Waals surface area contributed by atoms with Gasteiger partial charge in [0.25, 0.3) is 0 Å². The highest BCUT2D eigenvalue weighted by atomic mass is 19.1. The van der Waals surface area contributed by atoms with Crippen molar-refractivity contribution in [2.75, 3.05) is 18.0 Å². The molecule has 15 heavy (non-hydrogen) atoms. The van der Waals surface area contributed by atoms with Gasteiger partial charge in [-0.2, -0.15) is 0 Å². The van der Waals surface area contributed by atoms with E-state index in [1.807, 2.05) is 12.1 Å². The maximum Gasteiger partial charge on any atom is 0.146 e. The quantitative estimate of drug-likeness (QED) is 0.718. The van der Waals surface area contributed by atoms with Gasteiger partial charge < -0.3 is 4.90 Å². The van der Waals surface area contributed by atoms with Gasteiger partial charge in [0.05, 0.1) is 5.69 Å². The minimum Gasteiger partial charge on any atom is -0.369 e. The second kappa shape index (κ2) is 4.65. The van der Waals surface area contributed by atoms with Crippen molar-refractivity contribution in [3.05, 3.63) is 30.1 Å². The molecule has 1 aromatic carbocycles. The van der Waals surface area contributed by atoms with E-state index in [0.717, 1.165) is 24.7 Å². The Morgan fingerprint density at radius 2 is 1.93 bits per heavy atom. The molecular formula is C13H18FN. The van der Waals surface area contributed by atoms with Crippen LogP contribution in [0.5, 0.6) is 0 Å². The summed E-state index contributed by atoms with van der Waals surface area (Å²) in [7, 11) is 0. The van der Waals surface area contributed by atoms with Crippen LogP contribution >= 0.6 is 0 Å². The molecule has 0 spiro atoms. The number of halogens is 1. The van der Waals surface area contributed by atoms with Crippen LogP contribution in [-0.2, 0) is 0 Å². The smallest absolute Gasteiger partial charge is 0.146 e. The van der Waals surface area contributed by atoms with E-state index in [1.165, 1.54) is 19.3 Å². The van der Waals surface area contributed by atoms with Gasteiger partial charge in [-0.3, -0.25) is 0 Å². The minimum absolute atomic E-state index is 0.0903. The summed E-state index contributed by atoms with van der Waals surface area (Å²) in [5.41, 5.74) is 0.770. The molecule has 1 nitrogen and oxygen atoms in total. The van der Waals surface area contributed by atoms with Gasteiger partial charge in [-0.15, -0.1) is 0 Å². The van der Waals surface area contributed by atoms with Gasteiger partial charge in [0.15, 0.2) is 0 Å². The SMILES string of the molecule is CCC1CCN(c2ccccc2F)CC1. The van der Waals surface area contributed by atoms with E-state index >= 15 is 0 Å².